The van der Waals surface area contributed by atoms with Gasteiger partial charge in [-0.25, -0.2) is 8.42 Å². The molecule has 1 atom stereocenters. The Hall–Kier alpha value is -4.31. The molecule has 0 saturated heterocycles. The molecule has 0 bridgehead atoms. The van der Waals surface area contributed by atoms with Crippen LogP contribution in [0, 0.1) is 0 Å². The van der Waals surface area contributed by atoms with Crippen molar-refractivity contribution < 1.29 is 27.5 Å². The van der Waals surface area contributed by atoms with Crippen LogP contribution in [0.2, 0.25) is 0 Å². The van der Waals surface area contributed by atoms with Crippen LogP contribution in [0.4, 0.5) is 5.69 Å². The molecule has 1 unspecified atom stereocenters. The minimum Gasteiger partial charge on any atom is -0.497 e. The Morgan fingerprint density at radius 3 is 2.50 bits per heavy atom. The summed E-state index contributed by atoms with van der Waals surface area (Å²) in [5.74, 6) is 0.624. The number of carbonyl (C=O) groups is 2. The van der Waals surface area contributed by atoms with Crippen LogP contribution >= 0.6 is 0 Å². The summed E-state index contributed by atoms with van der Waals surface area (Å²) >= 11 is 0. The number of amides is 2. The number of nitrogens with one attached hydrogen (secondary N) is 1. The second-order valence-electron chi connectivity index (χ2n) is 10.4. The normalized spacial score (nSPS) is 14.6. The van der Waals surface area contributed by atoms with Crippen molar-refractivity contribution in [2.24, 2.45) is 0 Å². The number of rotatable bonds is 10. The standard InChI is InChI=1S/C32H37N3O6S/c1-34(2)31(36)17-13-22-12-16-29(41-5)30(19-22)42(38,39)33-25-15-14-24-9-7-11-28(27(24)21-25)35(3)32(37)20-23-8-6-10-26(18-23)40-4/h6,8,10,12-19,21,28,33H,7,9,11,20H2,1-5H3/b17-13+. The summed E-state index contributed by atoms with van der Waals surface area (Å²) in [6.07, 6.45) is 5.72. The van der Waals surface area contributed by atoms with E-state index in [1.54, 1.807) is 57.4 Å². The van der Waals surface area contributed by atoms with Crippen molar-refractivity contribution in [1.82, 2.24) is 9.80 Å². The lowest BCUT2D eigenvalue weighted by molar-refractivity contribution is -0.131. The Morgan fingerprint density at radius 2 is 1.79 bits per heavy atom. The molecule has 0 heterocycles. The summed E-state index contributed by atoms with van der Waals surface area (Å²) in [7, 11) is 4.01. The maximum absolute atomic E-state index is 13.6. The average molecular weight is 592 g/mol. The van der Waals surface area contributed by atoms with Crippen molar-refractivity contribution in [3.63, 3.8) is 0 Å². The van der Waals surface area contributed by atoms with Gasteiger partial charge in [0, 0.05) is 32.9 Å². The molecule has 0 radical (unpaired) electrons. The first-order chi connectivity index (χ1) is 20.0. The average Bonchev–Trinajstić information content (AvgIpc) is 2.98. The Morgan fingerprint density at radius 1 is 1.00 bits per heavy atom. The third-order valence-electron chi connectivity index (χ3n) is 7.37. The molecule has 0 saturated carbocycles. The van der Waals surface area contributed by atoms with Crippen LogP contribution in [-0.4, -0.2) is 65.4 Å². The zero-order valence-corrected chi connectivity index (χ0v) is 25.4. The number of benzene rings is 3. The highest BCUT2D eigenvalue weighted by Crippen LogP contribution is 2.36. The highest BCUT2D eigenvalue weighted by molar-refractivity contribution is 7.92. The van der Waals surface area contributed by atoms with Gasteiger partial charge in [-0.15, -0.1) is 0 Å². The van der Waals surface area contributed by atoms with Gasteiger partial charge in [-0.05, 0) is 84.0 Å². The maximum atomic E-state index is 13.6. The Balaban J connectivity index is 1.58. The van der Waals surface area contributed by atoms with E-state index < -0.39 is 10.0 Å². The first-order valence-corrected chi connectivity index (χ1v) is 15.1. The van der Waals surface area contributed by atoms with E-state index in [-0.39, 0.29) is 34.9 Å². The van der Waals surface area contributed by atoms with Crippen LogP contribution in [0.3, 0.4) is 0 Å². The fourth-order valence-corrected chi connectivity index (χ4v) is 6.28. The molecule has 9 nitrogen and oxygen atoms in total. The van der Waals surface area contributed by atoms with Crippen molar-refractivity contribution in [3.05, 3.63) is 89.0 Å². The lowest BCUT2D eigenvalue weighted by Gasteiger charge is -2.34. The number of aryl methyl sites for hydroxylation is 1. The molecule has 0 aromatic heterocycles. The molecule has 0 fully saturated rings. The molecule has 1 aliphatic carbocycles. The molecule has 2 amide bonds. The molecule has 3 aromatic carbocycles. The predicted molar refractivity (Wildman–Crippen MR) is 163 cm³/mol. The van der Waals surface area contributed by atoms with E-state index in [1.165, 1.54) is 24.2 Å². The zero-order valence-electron chi connectivity index (χ0n) is 24.6. The highest BCUT2D eigenvalue weighted by Gasteiger charge is 2.28. The van der Waals surface area contributed by atoms with Crippen molar-refractivity contribution in [2.75, 3.05) is 40.1 Å². The van der Waals surface area contributed by atoms with Gasteiger partial charge in [-0.1, -0.05) is 24.3 Å². The molecule has 1 N–H and O–H groups in total. The molecule has 4 rings (SSSR count). The van der Waals surface area contributed by atoms with Crippen LogP contribution in [0.15, 0.2) is 71.6 Å². The quantitative estimate of drug-likeness (QED) is 0.343. The zero-order chi connectivity index (χ0) is 30.4. The lowest BCUT2D eigenvalue weighted by Crippen LogP contribution is -2.34. The summed E-state index contributed by atoms with van der Waals surface area (Å²) in [6.45, 7) is 0. The third kappa shape index (κ3) is 7.12. The van der Waals surface area contributed by atoms with Gasteiger partial charge in [0.15, 0.2) is 0 Å². The fraction of sp³-hybridized carbons (Fsp3) is 0.312. The Labute approximate surface area is 247 Å². The van der Waals surface area contributed by atoms with Crippen LogP contribution in [0.25, 0.3) is 6.08 Å². The number of hydrogen-bond donors (Lipinski definition) is 1. The largest absolute Gasteiger partial charge is 0.497 e. The molecule has 0 aliphatic heterocycles. The number of carbonyl (C=O) groups excluding carboxylic acids is 2. The number of likely N-dealkylation sites (N-methyl/N-ethyl adjacent to an activating group) is 2. The summed E-state index contributed by atoms with van der Waals surface area (Å²) in [5.41, 5.74) is 3.80. The van der Waals surface area contributed by atoms with Gasteiger partial charge in [-0.2, -0.15) is 0 Å². The Bertz CT molecular complexity index is 1600. The van der Waals surface area contributed by atoms with Gasteiger partial charge in [0.05, 0.1) is 26.7 Å². The van der Waals surface area contributed by atoms with Crippen molar-refractivity contribution in [1.29, 1.82) is 0 Å². The second kappa shape index (κ2) is 13.1. The van der Waals surface area contributed by atoms with Crippen LogP contribution in [-0.2, 0) is 32.5 Å². The van der Waals surface area contributed by atoms with E-state index in [0.717, 1.165) is 36.0 Å². The molecule has 10 heteroatoms. The summed E-state index contributed by atoms with van der Waals surface area (Å²) in [4.78, 5) is 28.4. The first kappa shape index (κ1) is 30.6. The molecule has 222 valence electrons. The lowest BCUT2D eigenvalue weighted by atomic mass is 9.86. The van der Waals surface area contributed by atoms with E-state index >= 15 is 0 Å². The number of anilines is 1. The van der Waals surface area contributed by atoms with Crippen molar-refractivity contribution in [2.45, 2.75) is 36.6 Å². The van der Waals surface area contributed by atoms with Gasteiger partial charge >= 0.3 is 0 Å². The highest BCUT2D eigenvalue weighted by atomic mass is 32.2. The topological polar surface area (TPSA) is 105 Å². The SMILES string of the molecule is COc1cccc(CC(=O)N(C)C2CCCc3ccc(NS(=O)(=O)c4cc(/C=C/C(=O)N(C)C)ccc4OC)cc32)c1. The van der Waals surface area contributed by atoms with Crippen molar-refractivity contribution in [3.8, 4) is 11.5 Å². The molecule has 42 heavy (non-hydrogen) atoms. The van der Waals surface area contributed by atoms with Gasteiger partial charge < -0.3 is 19.3 Å². The van der Waals surface area contributed by atoms with E-state index in [0.29, 0.717) is 17.0 Å². The molecule has 0 spiro atoms. The maximum Gasteiger partial charge on any atom is 0.265 e. The number of fused-ring (bicyclic) bond motifs is 1. The number of sulfonamides is 1. The number of nitrogens with zero attached hydrogens (tertiary/aromatic N) is 2. The van der Waals surface area contributed by atoms with E-state index in [1.807, 2.05) is 36.4 Å². The minimum atomic E-state index is -4.06. The van der Waals surface area contributed by atoms with Crippen LogP contribution < -0.4 is 14.2 Å². The predicted octanol–water partition coefficient (Wildman–Crippen LogP) is 4.68. The van der Waals surface area contributed by atoms with Gasteiger partial charge in [0.25, 0.3) is 10.0 Å². The van der Waals surface area contributed by atoms with Gasteiger partial charge in [0.2, 0.25) is 11.8 Å². The summed E-state index contributed by atoms with van der Waals surface area (Å²) < 4.78 is 40.4. The third-order valence-corrected chi connectivity index (χ3v) is 8.77. The van der Waals surface area contributed by atoms with Crippen LogP contribution in [0.5, 0.6) is 11.5 Å². The van der Waals surface area contributed by atoms with Crippen molar-refractivity contribution >= 4 is 33.6 Å². The number of ether oxygens (including phenoxy) is 2. The number of hydrogen-bond acceptors (Lipinski definition) is 6. The monoisotopic (exact) mass is 591 g/mol. The second-order valence-corrected chi connectivity index (χ2v) is 12.1. The molecular formula is C32H37N3O6S. The fourth-order valence-electron chi connectivity index (χ4n) is 5.03. The number of methoxy groups -OCH3 is 2. The van der Waals surface area contributed by atoms with E-state index in [9.17, 15) is 18.0 Å². The molecular weight excluding hydrogens is 554 g/mol. The van der Waals surface area contributed by atoms with E-state index in [2.05, 4.69) is 4.72 Å². The van der Waals surface area contributed by atoms with Gasteiger partial charge in [-0.3, -0.25) is 14.3 Å². The van der Waals surface area contributed by atoms with Crippen LogP contribution in [0.1, 0.15) is 41.1 Å². The van der Waals surface area contributed by atoms with E-state index in [4.69, 9.17) is 9.47 Å². The smallest absolute Gasteiger partial charge is 0.265 e. The minimum absolute atomic E-state index is 0.0329. The van der Waals surface area contributed by atoms with Gasteiger partial charge in [0.1, 0.15) is 16.4 Å². The molecule has 1 aliphatic rings. The summed E-state index contributed by atoms with van der Waals surface area (Å²) in [5, 5.41) is 0. The first-order valence-electron chi connectivity index (χ1n) is 13.6. The Kier molecular flexibility index (Phi) is 9.57. The summed E-state index contributed by atoms with van der Waals surface area (Å²) in [6, 6.07) is 17.4. The molecule has 3 aromatic rings.